The summed E-state index contributed by atoms with van der Waals surface area (Å²) in [6.45, 7) is 0.861. The van der Waals surface area contributed by atoms with Crippen LogP contribution in [0.5, 0.6) is 0 Å². The summed E-state index contributed by atoms with van der Waals surface area (Å²) < 4.78 is 4.76. The van der Waals surface area contributed by atoms with Gasteiger partial charge < -0.3 is 9.84 Å². The Morgan fingerprint density at radius 1 is 1.50 bits per heavy atom. The van der Waals surface area contributed by atoms with E-state index in [1.165, 1.54) is 0 Å². The van der Waals surface area contributed by atoms with E-state index in [2.05, 4.69) is 0 Å². The third kappa shape index (κ3) is 5.66. The van der Waals surface area contributed by atoms with Crippen molar-refractivity contribution in [2.75, 3.05) is 20.3 Å². The standard InChI is InChI=1S/C6H12O2/c1-8-6-4-2-3-5-7/h2-3,7H,4-6H2,1H3/b3-2-. The van der Waals surface area contributed by atoms with Crippen LogP contribution in [-0.2, 0) is 4.74 Å². The summed E-state index contributed by atoms with van der Waals surface area (Å²) in [6.07, 6.45) is 4.49. The average Bonchev–Trinajstić information content (AvgIpc) is 1.81. The van der Waals surface area contributed by atoms with Crippen LogP contribution >= 0.6 is 0 Å². The van der Waals surface area contributed by atoms with Gasteiger partial charge in [-0.3, -0.25) is 0 Å². The lowest BCUT2D eigenvalue weighted by Crippen LogP contribution is -1.84. The number of aliphatic hydroxyl groups is 1. The molecule has 2 nitrogen and oxygen atoms in total. The van der Waals surface area contributed by atoms with Crippen molar-refractivity contribution in [1.82, 2.24) is 0 Å². The molecule has 0 saturated heterocycles. The molecule has 2 heteroatoms. The number of hydrogen-bond donors (Lipinski definition) is 1. The molecule has 0 aromatic carbocycles. The minimum atomic E-state index is 0.129. The van der Waals surface area contributed by atoms with Crippen molar-refractivity contribution in [2.24, 2.45) is 0 Å². The minimum Gasteiger partial charge on any atom is -0.392 e. The molecule has 8 heavy (non-hydrogen) atoms. The number of methoxy groups -OCH3 is 1. The molecule has 0 aliphatic heterocycles. The maximum atomic E-state index is 8.24. The Bertz CT molecular complexity index is 59.5. The van der Waals surface area contributed by atoms with Crippen molar-refractivity contribution in [2.45, 2.75) is 6.42 Å². The van der Waals surface area contributed by atoms with Crippen LogP contribution in [0.2, 0.25) is 0 Å². The highest BCUT2D eigenvalue weighted by atomic mass is 16.5. The van der Waals surface area contributed by atoms with Crippen LogP contribution in [0.15, 0.2) is 12.2 Å². The molecule has 0 aliphatic rings. The number of hydrogen-bond acceptors (Lipinski definition) is 2. The van der Waals surface area contributed by atoms with E-state index in [1.807, 2.05) is 6.08 Å². The van der Waals surface area contributed by atoms with Crippen LogP contribution in [0.3, 0.4) is 0 Å². The molecule has 48 valence electrons. The normalized spacial score (nSPS) is 10.8. The predicted octanol–water partition coefficient (Wildman–Crippen LogP) is 0.571. The Morgan fingerprint density at radius 2 is 2.25 bits per heavy atom. The first-order valence-corrected chi connectivity index (χ1v) is 2.66. The minimum absolute atomic E-state index is 0.129. The molecule has 0 fully saturated rings. The van der Waals surface area contributed by atoms with E-state index < -0.39 is 0 Å². The van der Waals surface area contributed by atoms with Gasteiger partial charge in [-0.15, -0.1) is 0 Å². The van der Waals surface area contributed by atoms with E-state index >= 15 is 0 Å². The second-order valence-corrected chi connectivity index (χ2v) is 1.44. The molecule has 0 rings (SSSR count). The Labute approximate surface area is 49.8 Å². The molecule has 0 aromatic rings. The zero-order valence-electron chi connectivity index (χ0n) is 5.13. The first-order chi connectivity index (χ1) is 3.91. The van der Waals surface area contributed by atoms with E-state index in [4.69, 9.17) is 9.84 Å². The van der Waals surface area contributed by atoms with E-state index in [0.717, 1.165) is 13.0 Å². The van der Waals surface area contributed by atoms with Crippen molar-refractivity contribution in [3.8, 4) is 0 Å². The summed E-state index contributed by atoms with van der Waals surface area (Å²) in [6, 6.07) is 0. The summed E-state index contributed by atoms with van der Waals surface area (Å²) in [7, 11) is 1.66. The van der Waals surface area contributed by atoms with Gasteiger partial charge in [0.25, 0.3) is 0 Å². The van der Waals surface area contributed by atoms with Crippen molar-refractivity contribution in [3.63, 3.8) is 0 Å². The highest BCUT2D eigenvalue weighted by Crippen LogP contribution is 1.81. The molecular formula is C6H12O2. The van der Waals surface area contributed by atoms with Gasteiger partial charge in [-0.25, -0.2) is 0 Å². The molecule has 0 heterocycles. The van der Waals surface area contributed by atoms with Gasteiger partial charge in [0, 0.05) is 13.7 Å². The second-order valence-electron chi connectivity index (χ2n) is 1.44. The van der Waals surface area contributed by atoms with Crippen LogP contribution in [0.25, 0.3) is 0 Å². The van der Waals surface area contributed by atoms with Crippen LogP contribution in [0.4, 0.5) is 0 Å². The molecule has 0 bridgehead atoms. The maximum Gasteiger partial charge on any atom is 0.0612 e. The Hall–Kier alpha value is -0.340. The van der Waals surface area contributed by atoms with Gasteiger partial charge in [0.15, 0.2) is 0 Å². The highest BCUT2D eigenvalue weighted by Gasteiger charge is 1.74. The lowest BCUT2D eigenvalue weighted by molar-refractivity contribution is 0.204. The van der Waals surface area contributed by atoms with Crippen molar-refractivity contribution < 1.29 is 9.84 Å². The van der Waals surface area contributed by atoms with E-state index in [-0.39, 0.29) is 6.61 Å². The zero-order chi connectivity index (χ0) is 6.24. The van der Waals surface area contributed by atoms with Gasteiger partial charge in [-0.2, -0.15) is 0 Å². The molecule has 1 N–H and O–H groups in total. The molecule has 0 saturated carbocycles. The van der Waals surface area contributed by atoms with E-state index in [9.17, 15) is 0 Å². The predicted molar refractivity (Wildman–Crippen MR) is 32.7 cm³/mol. The van der Waals surface area contributed by atoms with Crippen molar-refractivity contribution in [3.05, 3.63) is 12.2 Å². The Morgan fingerprint density at radius 3 is 2.75 bits per heavy atom. The molecule has 0 aliphatic carbocycles. The molecule has 0 radical (unpaired) electrons. The average molecular weight is 116 g/mol. The molecular weight excluding hydrogens is 104 g/mol. The number of ether oxygens (including phenoxy) is 1. The SMILES string of the molecule is COCC/C=C\CO. The largest absolute Gasteiger partial charge is 0.392 e. The number of aliphatic hydroxyl groups excluding tert-OH is 1. The molecule has 0 amide bonds. The van der Waals surface area contributed by atoms with Crippen molar-refractivity contribution in [1.29, 1.82) is 0 Å². The van der Waals surface area contributed by atoms with Gasteiger partial charge in [0.05, 0.1) is 6.61 Å². The summed E-state index contributed by atoms with van der Waals surface area (Å²) in [5.74, 6) is 0. The number of rotatable bonds is 4. The lowest BCUT2D eigenvalue weighted by atomic mass is 10.4. The van der Waals surface area contributed by atoms with Gasteiger partial charge in [-0.05, 0) is 6.42 Å². The molecule has 0 atom stereocenters. The molecule has 0 aromatic heterocycles. The fourth-order valence-electron chi connectivity index (χ4n) is 0.378. The third-order valence-corrected chi connectivity index (χ3v) is 0.761. The van der Waals surface area contributed by atoms with Gasteiger partial charge in [0.1, 0.15) is 0 Å². The van der Waals surface area contributed by atoms with Gasteiger partial charge in [-0.1, -0.05) is 12.2 Å². The monoisotopic (exact) mass is 116 g/mol. The second kappa shape index (κ2) is 6.66. The Balaban J connectivity index is 2.80. The smallest absolute Gasteiger partial charge is 0.0612 e. The van der Waals surface area contributed by atoms with Gasteiger partial charge >= 0.3 is 0 Å². The summed E-state index contributed by atoms with van der Waals surface area (Å²) in [5.41, 5.74) is 0. The molecule has 0 unspecified atom stereocenters. The fraction of sp³-hybridized carbons (Fsp3) is 0.667. The summed E-state index contributed by atoms with van der Waals surface area (Å²) in [5, 5.41) is 8.24. The first kappa shape index (κ1) is 7.66. The third-order valence-electron chi connectivity index (χ3n) is 0.761. The van der Waals surface area contributed by atoms with Crippen LogP contribution in [0, 0.1) is 0 Å². The topological polar surface area (TPSA) is 29.5 Å². The van der Waals surface area contributed by atoms with E-state index in [1.54, 1.807) is 13.2 Å². The Kier molecular flexibility index (Phi) is 6.38. The van der Waals surface area contributed by atoms with Crippen LogP contribution < -0.4 is 0 Å². The van der Waals surface area contributed by atoms with Crippen LogP contribution in [0.1, 0.15) is 6.42 Å². The quantitative estimate of drug-likeness (QED) is 0.430. The fourth-order valence-corrected chi connectivity index (χ4v) is 0.378. The van der Waals surface area contributed by atoms with E-state index in [0.29, 0.717) is 0 Å². The first-order valence-electron chi connectivity index (χ1n) is 2.66. The summed E-state index contributed by atoms with van der Waals surface area (Å²) in [4.78, 5) is 0. The van der Waals surface area contributed by atoms with Crippen LogP contribution in [-0.4, -0.2) is 25.4 Å². The molecule has 0 spiro atoms. The van der Waals surface area contributed by atoms with Crippen molar-refractivity contribution >= 4 is 0 Å². The highest BCUT2D eigenvalue weighted by molar-refractivity contribution is 4.79. The summed E-state index contributed by atoms with van der Waals surface area (Å²) >= 11 is 0. The maximum absolute atomic E-state index is 8.24. The lowest BCUT2D eigenvalue weighted by Gasteiger charge is -1.88. The van der Waals surface area contributed by atoms with Gasteiger partial charge in [0.2, 0.25) is 0 Å². The zero-order valence-corrected chi connectivity index (χ0v) is 5.13.